The van der Waals surface area contributed by atoms with E-state index >= 15 is 0 Å². The number of hydrogen-bond donors (Lipinski definition) is 2. The number of rotatable bonds is 9. The molecule has 0 radical (unpaired) electrons. The molecule has 1 aliphatic rings. The van der Waals surface area contributed by atoms with Crippen LogP contribution in [0.2, 0.25) is 0 Å². The number of nitrogens with one attached hydrogen (secondary N) is 1. The van der Waals surface area contributed by atoms with E-state index < -0.39 is 6.10 Å². The molecule has 5 nitrogen and oxygen atoms in total. The second-order valence-electron chi connectivity index (χ2n) is 6.46. The fourth-order valence-corrected chi connectivity index (χ4v) is 4.27. The molecule has 1 atom stereocenters. The molecule has 1 aliphatic carbocycles. The van der Waals surface area contributed by atoms with E-state index in [0.717, 1.165) is 20.8 Å². The van der Waals surface area contributed by atoms with Crippen LogP contribution in [-0.2, 0) is 0 Å². The number of thioether (sulfide) groups is 1. The van der Waals surface area contributed by atoms with Crippen molar-refractivity contribution >= 4 is 28.2 Å². The van der Waals surface area contributed by atoms with Gasteiger partial charge < -0.3 is 15.2 Å². The van der Waals surface area contributed by atoms with E-state index in [2.05, 4.69) is 27.6 Å². The second-order valence-corrected chi connectivity index (χ2v) is 8.70. The number of ether oxygens (including phenoxy) is 1. The maximum absolute atomic E-state index is 10.2. The minimum absolute atomic E-state index is 0.254. The summed E-state index contributed by atoms with van der Waals surface area (Å²) >= 11 is 3.04. The van der Waals surface area contributed by atoms with Crippen LogP contribution >= 0.6 is 23.1 Å². The molecule has 1 saturated carbocycles. The number of aromatic nitrogens is 2. The van der Waals surface area contributed by atoms with Gasteiger partial charge in [0.15, 0.2) is 4.34 Å². The second kappa shape index (κ2) is 8.73. The summed E-state index contributed by atoms with van der Waals surface area (Å²) in [5, 5.41) is 22.6. The van der Waals surface area contributed by atoms with Gasteiger partial charge in [0.05, 0.1) is 6.10 Å². The van der Waals surface area contributed by atoms with Crippen molar-refractivity contribution in [1.29, 1.82) is 0 Å². The van der Waals surface area contributed by atoms with Crippen molar-refractivity contribution in [3.63, 3.8) is 0 Å². The standard InChI is InChI=1S/C20H21N3O2S2/c24-17(13-26-20-23-22-19(27-20)21-16-8-9-16)12-25-18-10-6-15(7-11-18)14-4-2-1-3-5-14/h1-7,10-11,16-17,24H,8-9,12-13H2,(H,21,22)/t17-/m1/s1. The molecule has 2 aromatic carbocycles. The topological polar surface area (TPSA) is 67.3 Å². The van der Waals surface area contributed by atoms with Crippen LogP contribution in [-0.4, -0.2) is 39.8 Å². The van der Waals surface area contributed by atoms with Crippen molar-refractivity contribution < 1.29 is 9.84 Å². The first-order valence-electron chi connectivity index (χ1n) is 8.95. The molecular weight excluding hydrogens is 378 g/mol. The van der Waals surface area contributed by atoms with Crippen LogP contribution in [0.1, 0.15) is 12.8 Å². The van der Waals surface area contributed by atoms with E-state index in [9.17, 15) is 5.11 Å². The largest absolute Gasteiger partial charge is 0.491 e. The molecule has 1 aromatic heterocycles. The van der Waals surface area contributed by atoms with Gasteiger partial charge in [-0.15, -0.1) is 10.2 Å². The summed E-state index contributed by atoms with van der Waals surface area (Å²) in [6, 6.07) is 18.7. The molecule has 0 aliphatic heterocycles. The third-order valence-electron chi connectivity index (χ3n) is 4.11. The Morgan fingerprint density at radius 2 is 1.81 bits per heavy atom. The summed E-state index contributed by atoms with van der Waals surface area (Å²) < 4.78 is 6.57. The van der Waals surface area contributed by atoms with Crippen molar-refractivity contribution in [2.75, 3.05) is 17.7 Å². The molecule has 27 heavy (non-hydrogen) atoms. The van der Waals surface area contributed by atoms with Crippen LogP contribution in [0, 0.1) is 0 Å². The maximum Gasteiger partial charge on any atom is 0.206 e. The van der Waals surface area contributed by atoms with Gasteiger partial charge in [-0.1, -0.05) is 65.6 Å². The van der Waals surface area contributed by atoms with Gasteiger partial charge in [-0.3, -0.25) is 0 Å². The number of hydrogen-bond acceptors (Lipinski definition) is 7. The molecule has 3 aromatic rings. The van der Waals surface area contributed by atoms with Crippen molar-refractivity contribution in [1.82, 2.24) is 10.2 Å². The van der Waals surface area contributed by atoms with Gasteiger partial charge in [0.25, 0.3) is 0 Å². The van der Waals surface area contributed by atoms with E-state index in [0.29, 0.717) is 11.8 Å². The van der Waals surface area contributed by atoms with E-state index in [1.807, 2.05) is 42.5 Å². The maximum atomic E-state index is 10.2. The Hall–Kier alpha value is -2.09. The third-order valence-corrected chi connectivity index (χ3v) is 6.25. The van der Waals surface area contributed by atoms with Crippen molar-refractivity contribution in [3.05, 3.63) is 54.6 Å². The lowest BCUT2D eigenvalue weighted by Gasteiger charge is -2.11. The Labute approximate surface area is 166 Å². The van der Waals surface area contributed by atoms with Crippen LogP contribution in [0.3, 0.4) is 0 Å². The third kappa shape index (κ3) is 5.45. The quantitative estimate of drug-likeness (QED) is 0.523. The first kappa shape index (κ1) is 18.3. The Morgan fingerprint density at radius 3 is 2.56 bits per heavy atom. The normalized spacial score (nSPS) is 14.7. The molecule has 1 fully saturated rings. The molecule has 2 N–H and O–H groups in total. The summed E-state index contributed by atoms with van der Waals surface area (Å²) in [7, 11) is 0. The van der Waals surface area contributed by atoms with Gasteiger partial charge in [0.1, 0.15) is 12.4 Å². The average molecular weight is 400 g/mol. The van der Waals surface area contributed by atoms with Crippen LogP contribution in [0.25, 0.3) is 11.1 Å². The first-order chi connectivity index (χ1) is 13.3. The minimum atomic E-state index is -0.562. The molecular formula is C20H21N3O2S2. The lowest BCUT2D eigenvalue weighted by molar-refractivity contribution is 0.126. The van der Waals surface area contributed by atoms with Gasteiger partial charge in [0, 0.05) is 11.8 Å². The molecule has 1 heterocycles. The van der Waals surface area contributed by atoms with Gasteiger partial charge in [-0.2, -0.15) is 0 Å². The zero-order valence-electron chi connectivity index (χ0n) is 14.7. The highest BCUT2D eigenvalue weighted by Gasteiger charge is 2.22. The number of aliphatic hydroxyl groups is 1. The van der Waals surface area contributed by atoms with Crippen LogP contribution in [0.15, 0.2) is 58.9 Å². The van der Waals surface area contributed by atoms with E-state index in [-0.39, 0.29) is 6.61 Å². The fraction of sp³-hybridized carbons (Fsp3) is 0.300. The van der Waals surface area contributed by atoms with E-state index in [1.54, 1.807) is 0 Å². The lowest BCUT2D eigenvalue weighted by atomic mass is 10.1. The zero-order chi connectivity index (χ0) is 18.5. The highest BCUT2D eigenvalue weighted by Crippen LogP contribution is 2.30. The number of aliphatic hydroxyl groups excluding tert-OH is 1. The van der Waals surface area contributed by atoms with Gasteiger partial charge in [-0.25, -0.2) is 0 Å². The van der Waals surface area contributed by atoms with Gasteiger partial charge in [0.2, 0.25) is 5.13 Å². The summed E-state index contributed by atoms with van der Waals surface area (Å²) in [5.74, 6) is 1.28. The number of benzene rings is 2. The Bertz CT molecular complexity index is 851. The summed E-state index contributed by atoms with van der Waals surface area (Å²) in [6.45, 7) is 0.254. The van der Waals surface area contributed by atoms with E-state index in [4.69, 9.17) is 4.74 Å². The van der Waals surface area contributed by atoms with Crippen molar-refractivity contribution in [2.24, 2.45) is 0 Å². The number of anilines is 1. The zero-order valence-corrected chi connectivity index (χ0v) is 16.4. The molecule has 4 rings (SSSR count). The monoisotopic (exact) mass is 399 g/mol. The molecule has 7 heteroatoms. The van der Waals surface area contributed by atoms with Gasteiger partial charge in [-0.05, 0) is 36.1 Å². The average Bonchev–Trinajstić information content (AvgIpc) is 3.42. The highest BCUT2D eigenvalue weighted by molar-refractivity contribution is 8.01. The first-order valence-corrected chi connectivity index (χ1v) is 10.8. The Kier molecular flexibility index (Phi) is 5.91. The van der Waals surface area contributed by atoms with Crippen molar-refractivity contribution in [3.8, 4) is 16.9 Å². The lowest BCUT2D eigenvalue weighted by Crippen LogP contribution is -2.20. The highest BCUT2D eigenvalue weighted by atomic mass is 32.2. The van der Waals surface area contributed by atoms with Crippen LogP contribution < -0.4 is 10.1 Å². The predicted octanol–water partition coefficient (Wildman–Crippen LogP) is 4.31. The van der Waals surface area contributed by atoms with Crippen molar-refractivity contribution in [2.45, 2.75) is 29.3 Å². The smallest absolute Gasteiger partial charge is 0.206 e. The molecule has 0 unspecified atom stereocenters. The molecule has 0 amide bonds. The van der Waals surface area contributed by atoms with Crippen LogP contribution in [0.4, 0.5) is 5.13 Å². The minimum Gasteiger partial charge on any atom is -0.491 e. The molecule has 0 saturated heterocycles. The number of nitrogens with zero attached hydrogens (tertiary/aromatic N) is 2. The Balaban J connectivity index is 1.21. The Morgan fingerprint density at radius 1 is 1.07 bits per heavy atom. The molecule has 140 valence electrons. The molecule has 0 spiro atoms. The van der Waals surface area contributed by atoms with E-state index in [1.165, 1.54) is 41.5 Å². The summed E-state index contributed by atoms with van der Waals surface area (Å²) in [4.78, 5) is 0. The molecule has 0 bridgehead atoms. The summed E-state index contributed by atoms with van der Waals surface area (Å²) in [6.07, 6.45) is 1.86. The van der Waals surface area contributed by atoms with Gasteiger partial charge >= 0.3 is 0 Å². The SMILES string of the molecule is O[C@H](COc1ccc(-c2ccccc2)cc1)CSc1nnc(NC2CC2)s1. The summed E-state index contributed by atoms with van der Waals surface area (Å²) in [5.41, 5.74) is 2.32. The van der Waals surface area contributed by atoms with Crippen LogP contribution in [0.5, 0.6) is 5.75 Å². The predicted molar refractivity (Wildman–Crippen MR) is 111 cm³/mol. The fourth-order valence-electron chi connectivity index (χ4n) is 2.51.